The topological polar surface area (TPSA) is 131 Å². The second kappa shape index (κ2) is 15.8. The Morgan fingerprint density at radius 1 is 0.926 bits per heavy atom. The van der Waals surface area contributed by atoms with E-state index in [1.54, 1.807) is 27.0 Å². The van der Waals surface area contributed by atoms with Crippen LogP contribution in [0.1, 0.15) is 61.6 Å². The van der Waals surface area contributed by atoms with Crippen LogP contribution in [0.5, 0.6) is 0 Å². The van der Waals surface area contributed by atoms with Gasteiger partial charge in [-0.25, -0.2) is 9.78 Å². The Hall–Kier alpha value is -4.98. The number of hydrogen-bond donors (Lipinski definition) is 2. The number of esters is 1. The molecule has 0 bridgehead atoms. The first-order valence-corrected chi connectivity index (χ1v) is 19.8. The predicted octanol–water partition coefficient (Wildman–Crippen LogP) is 6.46. The molecule has 11 nitrogen and oxygen atoms in total. The van der Waals surface area contributed by atoms with E-state index >= 15 is 0 Å². The monoisotopic (exact) mass is 765 g/mol. The fourth-order valence-corrected chi connectivity index (χ4v) is 9.36. The van der Waals surface area contributed by atoms with Crippen LogP contribution in [0, 0.1) is 0 Å². The molecule has 4 heterocycles. The Bertz CT molecular complexity index is 1950. The van der Waals surface area contributed by atoms with E-state index in [9.17, 15) is 14.4 Å². The summed E-state index contributed by atoms with van der Waals surface area (Å²) in [4.78, 5) is 53.2. The molecule has 3 atom stereocenters. The van der Waals surface area contributed by atoms with Crippen molar-refractivity contribution in [3.8, 4) is 0 Å². The van der Waals surface area contributed by atoms with Crippen LogP contribution in [-0.2, 0) is 34.2 Å². The Morgan fingerprint density at radius 3 is 2.07 bits per heavy atom. The fraction of sp³-hybridized carbons (Fsp3) is 0.341. The zero-order chi connectivity index (χ0) is 37.9. The molecule has 3 aliphatic rings. The van der Waals surface area contributed by atoms with E-state index < -0.39 is 40.3 Å². The number of carbonyl (C=O) groups excluding carboxylic acids is 3. The number of thioether (sulfide) groups is 1. The summed E-state index contributed by atoms with van der Waals surface area (Å²) in [6.45, 7) is 5.97. The molecule has 280 valence electrons. The molecule has 7 rings (SSSR count). The summed E-state index contributed by atoms with van der Waals surface area (Å²) in [6, 6.07) is 29.5. The van der Waals surface area contributed by atoms with Crippen LogP contribution in [0.4, 0.5) is 5.13 Å². The molecule has 3 aromatic carbocycles. The molecule has 2 N–H and O–H groups in total. The van der Waals surface area contributed by atoms with Gasteiger partial charge in [-0.3, -0.25) is 14.5 Å². The number of β-lactam (4-membered cyclic amide) rings is 1. The number of fused-ring (bicyclic) bond motifs is 1. The second-order valence-electron chi connectivity index (χ2n) is 14.2. The summed E-state index contributed by atoms with van der Waals surface area (Å²) in [7, 11) is 1.36. The van der Waals surface area contributed by atoms with E-state index in [2.05, 4.69) is 52.2 Å². The maximum atomic E-state index is 14.0. The highest BCUT2D eigenvalue weighted by Crippen LogP contribution is 2.44. The average molecular weight is 766 g/mol. The summed E-state index contributed by atoms with van der Waals surface area (Å²) in [5.74, 6) is -1.11. The lowest BCUT2D eigenvalue weighted by atomic mass is 9.77. The van der Waals surface area contributed by atoms with Crippen LogP contribution in [0.2, 0.25) is 0 Å². The molecule has 2 amide bonds. The van der Waals surface area contributed by atoms with Gasteiger partial charge in [-0.2, -0.15) is 0 Å². The number of nitrogens with zero attached hydrogens (tertiary/aromatic N) is 3. The van der Waals surface area contributed by atoms with Gasteiger partial charge in [0, 0.05) is 18.6 Å². The first-order valence-electron chi connectivity index (χ1n) is 18.0. The predicted molar refractivity (Wildman–Crippen MR) is 210 cm³/mol. The molecule has 1 aromatic heterocycles. The van der Waals surface area contributed by atoms with Crippen LogP contribution in [0.15, 0.2) is 114 Å². The molecule has 2 fully saturated rings. The number of ether oxygens (including phenoxy) is 2. The van der Waals surface area contributed by atoms with Crippen molar-refractivity contribution >= 4 is 51.7 Å². The number of nitrogens with one attached hydrogen (secondary N) is 2. The molecule has 0 spiro atoms. The third kappa shape index (κ3) is 7.40. The van der Waals surface area contributed by atoms with Crippen LogP contribution in [-0.4, -0.2) is 76.0 Å². The van der Waals surface area contributed by atoms with Crippen molar-refractivity contribution in [2.75, 3.05) is 24.8 Å². The van der Waals surface area contributed by atoms with E-state index in [0.717, 1.165) is 41.5 Å². The van der Waals surface area contributed by atoms with Crippen molar-refractivity contribution in [2.45, 2.75) is 68.7 Å². The first kappa shape index (κ1) is 37.3. The zero-order valence-corrected chi connectivity index (χ0v) is 32.2. The second-order valence-corrected chi connectivity index (χ2v) is 16.4. The maximum Gasteiger partial charge on any atom is 0.355 e. The number of oxime groups is 1. The van der Waals surface area contributed by atoms with E-state index in [1.165, 1.54) is 35.1 Å². The molecular formula is C41H43N5O6S2. The summed E-state index contributed by atoms with van der Waals surface area (Å²) in [5, 5.41) is 10.7. The van der Waals surface area contributed by atoms with E-state index in [1.807, 2.05) is 54.6 Å². The molecule has 2 saturated heterocycles. The van der Waals surface area contributed by atoms with Gasteiger partial charge in [0.25, 0.3) is 11.8 Å². The van der Waals surface area contributed by atoms with Crippen LogP contribution < -0.4 is 10.6 Å². The van der Waals surface area contributed by atoms with Gasteiger partial charge in [0.1, 0.15) is 35.4 Å². The molecule has 54 heavy (non-hydrogen) atoms. The van der Waals surface area contributed by atoms with Gasteiger partial charge in [0.15, 0.2) is 10.8 Å². The average Bonchev–Trinajstić information content (AvgIpc) is 3.66. The first-order chi connectivity index (χ1) is 26.1. The zero-order valence-electron chi connectivity index (χ0n) is 30.6. The molecule has 0 aliphatic carbocycles. The number of anilines is 1. The molecule has 13 heteroatoms. The van der Waals surface area contributed by atoms with Gasteiger partial charge in [0.2, 0.25) is 0 Å². The molecular weight excluding hydrogens is 723 g/mol. The molecule has 3 aliphatic heterocycles. The number of benzene rings is 3. The normalized spacial score (nSPS) is 20.4. The third-order valence-corrected chi connectivity index (χ3v) is 11.7. The summed E-state index contributed by atoms with van der Waals surface area (Å²) >= 11 is 2.73. The lowest BCUT2D eigenvalue weighted by molar-refractivity contribution is -0.159. The molecule has 0 unspecified atom stereocenters. The van der Waals surface area contributed by atoms with Crippen molar-refractivity contribution in [1.82, 2.24) is 15.2 Å². The lowest BCUT2D eigenvalue weighted by Gasteiger charge is -2.50. The van der Waals surface area contributed by atoms with Crippen molar-refractivity contribution < 1.29 is 28.7 Å². The van der Waals surface area contributed by atoms with Crippen LogP contribution in [0.3, 0.4) is 0 Å². The highest BCUT2D eigenvalue weighted by atomic mass is 32.2. The molecule has 0 radical (unpaired) electrons. The molecule has 4 aromatic rings. The number of aromatic nitrogens is 1. The number of amides is 2. The van der Waals surface area contributed by atoms with E-state index in [4.69, 9.17) is 19.3 Å². The largest absolute Gasteiger partial charge is 0.455 e. The Kier molecular flexibility index (Phi) is 10.9. The lowest BCUT2D eigenvalue weighted by Crippen LogP contribution is -2.71. The van der Waals surface area contributed by atoms with Gasteiger partial charge in [-0.15, -0.1) is 11.8 Å². The number of thiazole rings is 1. The minimum Gasteiger partial charge on any atom is -0.455 e. The van der Waals surface area contributed by atoms with Crippen LogP contribution >= 0.6 is 23.1 Å². The van der Waals surface area contributed by atoms with Gasteiger partial charge < -0.3 is 24.9 Å². The number of hydrogen-bond acceptors (Lipinski definition) is 11. The van der Waals surface area contributed by atoms with Crippen LogP contribution in [0.25, 0.3) is 0 Å². The summed E-state index contributed by atoms with van der Waals surface area (Å²) in [5.41, 5.74) is 2.35. The van der Waals surface area contributed by atoms with Crippen molar-refractivity contribution in [1.29, 1.82) is 0 Å². The Morgan fingerprint density at radius 2 is 1.54 bits per heavy atom. The standard InChI is InChI=1S/C41H43N5O6S2/c1-40(2,3)52-38(49)34-29(30-22-14-15-23-51-30)25-53-37-33(36(48)46(34)37)43-35(47)32(45-50-4)31-24-42-39(54-31)44-41(26-16-8-5-9-17-26,27-18-10-6-11-19-27)28-20-12-7-13-21-28/h5-13,16-21,24,30,33,37H,14-15,22-23,25H2,1-4H3,(H,42,44)(H,43,47)/b45-32+/t30-,33+,37+/m0/s1. The SMILES string of the molecule is CO/N=C(/C(=O)N[C@@H]1C(=O)N2C(C(=O)OC(C)(C)C)=C([C@@H]3CCCCO3)CS[C@H]12)c1cnc(NC(c2ccccc2)(c2ccccc2)c2ccccc2)s1. The Labute approximate surface area is 323 Å². The highest BCUT2D eigenvalue weighted by Gasteiger charge is 2.56. The van der Waals surface area contributed by atoms with Gasteiger partial charge >= 0.3 is 5.97 Å². The summed E-state index contributed by atoms with van der Waals surface area (Å²) < 4.78 is 11.8. The smallest absolute Gasteiger partial charge is 0.355 e. The van der Waals surface area contributed by atoms with Crippen molar-refractivity contribution in [3.05, 3.63) is 130 Å². The van der Waals surface area contributed by atoms with Gasteiger partial charge in [-0.1, -0.05) is 107 Å². The number of rotatable bonds is 11. The minimum atomic E-state index is -0.900. The fourth-order valence-electron chi connectivity index (χ4n) is 7.10. The van der Waals surface area contributed by atoms with Gasteiger partial charge in [-0.05, 0) is 62.3 Å². The van der Waals surface area contributed by atoms with Gasteiger partial charge in [0.05, 0.1) is 11.0 Å². The minimum absolute atomic E-state index is 0.0287. The van der Waals surface area contributed by atoms with E-state index in [0.29, 0.717) is 22.4 Å². The van der Waals surface area contributed by atoms with Crippen molar-refractivity contribution in [3.63, 3.8) is 0 Å². The Balaban J connectivity index is 1.15. The third-order valence-electron chi connectivity index (χ3n) is 9.50. The number of carbonyl (C=O) groups is 3. The van der Waals surface area contributed by atoms with E-state index in [-0.39, 0.29) is 17.5 Å². The summed E-state index contributed by atoms with van der Waals surface area (Å²) in [6.07, 6.45) is 3.99. The quantitative estimate of drug-likeness (QED) is 0.0581. The molecule has 0 saturated carbocycles. The maximum absolute atomic E-state index is 14.0. The van der Waals surface area contributed by atoms with Crippen molar-refractivity contribution in [2.24, 2.45) is 5.16 Å². The highest BCUT2D eigenvalue weighted by molar-refractivity contribution is 8.00.